The van der Waals surface area contributed by atoms with Gasteiger partial charge in [-0.2, -0.15) is 5.26 Å². The van der Waals surface area contributed by atoms with Crippen molar-refractivity contribution in [3.05, 3.63) is 63.7 Å². The number of anilines is 2. The lowest BCUT2D eigenvalue weighted by atomic mass is 10.1. The van der Waals surface area contributed by atoms with Crippen molar-refractivity contribution in [2.45, 2.75) is 0 Å². The Morgan fingerprint density at radius 1 is 1.14 bits per heavy atom. The Balaban J connectivity index is 2.04. The predicted octanol–water partition coefficient (Wildman–Crippen LogP) is 5.27. The summed E-state index contributed by atoms with van der Waals surface area (Å²) in [5, 5.41) is 13.7. The highest BCUT2D eigenvalue weighted by Gasteiger charge is 2.06. The average molecular weight is 359 g/mol. The van der Waals surface area contributed by atoms with Crippen molar-refractivity contribution in [3.8, 4) is 6.07 Å². The molecule has 0 aliphatic carbocycles. The summed E-state index contributed by atoms with van der Waals surface area (Å²) in [5.41, 5.74) is 3.01. The number of benzene rings is 2. The molecule has 1 heterocycles. The number of pyridine rings is 1. The molecule has 102 valence electrons. The molecule has 3 rings (SSSR count). The maximum atomic E-state index is 8.87. The second-order valence-electron chi connectivity index (χ2n) is 4.46. The largest absolute Gasteiger partial charge is 0.353 e. The fourth-order valence-corrected chi connectivity index (χ4v) is 2.64. The van der Waals surface area contributed by atoms with Gasteiger partial charge in [-0.25, -0.2) is 0 Å². The van der Waals surface area contributed by atoms with E-state index in [1.165, 1.54) is 0 Å². The molecule has 0 saturated heterocycles. The molecule has 0 fully saturated rings. The summed E-state index contributed by atoms with van der Waals surface area (Å²) in [6.07, 6.45) is 1.76. The van der Waals surface area contributed by atoms with Gasteiger partial charge in [0, 0.05) is 16.1 Å². The van der Waals surface area contributed by atoms with Crippen LogP contribution >= 0.6 is 27.5 Å². The molecule has 0 atom stereocenters. The summed E-state index contributed by atoms with van der Waals surface area (Å²) in [7, 11) is 0. The van der Waals surface area contributed by atoms with Crippen molar-refractivity contribution in [2.75, 3.05) is 5.32 Å². The molecule has 21 heavy (non-hydrogen) atoms. The second-order valence-corrected chi connectivity index (χ2v) is 5.79. The molecule has 0 bridgehead atoms. The van der Waals surface area contributed by atoms with Gasteiger partial charge in [-0.05, 0) is 46.3 Å². The van der Waals surface area contributed by atoms with Gasteiger partial charge in [0.2, 0.25) is 0 Å². The molecule has 1 N–H and O–H groups in total. The highest BCUT2D eigenvalue weighted by Crippen LogP contribution is 2.30. The Bertz CT molecular complexity index is 871. The number of para-hydroxylation sites is 1. The van der Waals surface area contributed by atoms with Crippen LogP contribution in [0, 0.1) is 11.3 Å². The Morgan fingerprint density at radius 3 is 2.76 bits per heavy atom. The third-order valence-electron chi connectivity index (χ3n) is 3.05. The Labute approximate surface area is 135 Å². The van der Waals surface area contributed by atoms with Gasteiger partial charge in [-0.15, -0.1) is 0 Å². The Morgan fingerprint density at radius 2 is 2.00 bits per heavy atom. The normalized spacial score (nSPS) is 10.3. The van der Waals surface area contributed by atoms with Gasteiger partial charge in [0.15, 0.2) is 0 Å². The first kappa shape index (κ1) is 13.9. The smallest absolute Gasteiger partial charge is 0.0992 e. The number of nitriles is 1. The molecular weight excluding hydrogens is 350 g/mol. The van der Waals surface area contributed by atoms with Crippen LogP contribution in [0.3, 0.4) is 0 Å². The van der Waals surface area contributed by atoms with Crippen molar-refractivity contribution < 1.29 is 0 Å². The van der Waals surface area contributed by atoms with E-state index < -0.39 is 0 Å². The van der Waals surface area contributed by atoms with Crippen LogP contribution in [-0.2, 0) is 0 Å². The highest BCUT2D eigenvalue weighted by atomic mass is 79.9. The van der Waals surface area contributed by atoms with Crippen molar-refractivity contribution in [1.29, 1.82) is 5.26 Å². The number of hydrogen-bond donors (Lipinski definition) is 1. The summed E-state index contributed by atoms with van der Waals surface area (Å²) < 4.78 is 0.934. The molecule has 0 spiro atoms. The van der Waals surface area contributed by atoms with Crippen LogP contribution in [0.5, 0.6) is 0 Å². The summed E-state index contributed by atoms with van der Waals surface area (Å²) in [5.74, 6) is 0. The van der Waals surface area contributed by atoms with Crippen molar-refractivity contribution >= 4 is 49.8 Å². The summed E-state index contributed by atoms with van der Waals surface area (Å²) in [6.45, 7) is 0. The fourth-order valence-electron chi connectivity index (χ4n) is 2.07. The molecule has 0 saturated carbocycles. The average Bonchev–Trinajstić information content (AvgIpc) is 2.49. The zero-order valence-corrected chi connectivity index (χ0v) is 13.1. The van der Waals surface area contributed by atoms with E-state index in [-0.39, 0.29) is 0 Å². The standard InChI is InChI=1S/C16H9BrClN3/c17-12-7-11-2-1-3-15(16(11)20-9-12)21-14-5-4-10(8-19)6-13(14)18/h1-7,9,21H. The molecule has 1 aromatic heterocycles. The van der Waals surface area contributed by atoms with Gasteiger partial charge < -0.3 is 5.32 Å². The second kappa shape index (κ2) is 5.72. The third-order valence-corrected chi connectivity index (χ3v) is 3.79. The van der Waals surface area contributed by atoms with E-state index in [2.05, 4.69) is 32.3 Å². The van der Waals surface area contributed by atoms with E-state index in [0.717, 1.165) is 26.8 Å². The zero-order valence-electron chi connectivity index (χ0n) is 10.8. The van der Waals surface area contributed by atoms with E-state index in [4.69, 9.17) is 16.9 Å². The van der Waals surface area contributed by atoms with Crippen molar-refractivity contribution in [1.82, 2.24) is 4.98 Å². The molecule has 0 aliphatic rings. The van der Waals surface area contributed by atoms with E-state index >= 15 is 0 Å². The minimum absolute atomic E-state index is 0.503. The lowest BCUT2D eigenvalue weighted by molar-refractivity contribution is 1.38. The van der Waals surface area contributed by atoms with Crippen LogP contribution in [0.2, 0.25) is 5.02 Å². The molecule has 0 aliphatic heterocycles. The van der Waals surface area contributed by atoms with Crippen LogP contribution in [0.1, 0.15) is 5.56 Å². The van der Waals surface area contributed by atoms with Crippen LogP contribution in [0.4, 0.5) is 11.4 Å². The number of rotatable bonds is 2. The summed E-state index contributed by atoms with van der Waals surface area (Å²) in [6, 6.07) is 15.1. The molecule has 2 aromatic carbocycles. The summed E-state index contributed by atoms with van der Waals surface area (Å²) in [4.78, 5) is 4.44. The molecule has 0 unspecified atom stereocenters. The number of aromatic nitrogens is 1. The first-order chi connectivity index (χ1) is 10.2. The maximum absolute atomic E-state index is 8.87. The minimum atomic E-state index is 0.503. The van der Waals surface area contributed by atoms with Crippen LogP contribution < -0.4 is 5.32 Å². The zero-order chi connectivity index (χ0) is 14.8. The molecule has 5 heteroatoms. The van der Waals surface area contributed by atoms with Gasteiger partial charge in [0.05, 0.1) is 33.5 Å². The number of nitrogens with zero attached hydrogens (tertiary/aromatic N) is 2. The Hall–Kier alpha value is -2.09. The number of halogens is 2. The van der Waals surface area contributed by atoms with Crippen molar-refractivity contribution in [3.63, 3.8) is 0 Å². The van der Waals surface area contributed by atoms with E-state index in [0.29, 0.717) is 10.6 Å². The number of hydrogen-bond acceptors (Lipinski definition) is 3. The van der Waals surface area contributed by atoms with Gasteiger partial charge in [0.25, 0.3) is 0 Å². The first-order valence-corrected chi connectivity index (χ1v) is 7.35. The lowest BCUT2D eigenvalue weighted by Crippen LogP contribution is -1.94. The molecular formula is C16H9BrClN3. The first-order valence-electron chi connectivity index (χ1n) is 6.18. The topological polar surface area (TPSA) is 48.7 Å². The quantitative estimate of drug-likeness (QED) is 0.679. The summed E-state index contributed by atoms with van der Waals surface area (Å²) >= 11 is 9.61. The Kier molecular flexibility index (Phi) is 3.78. The molecule has 3 nitrogen and oxygen atoms in total. The van der Waals surface area contributed by atoms with Crippen LogP contribution in [-0.4, -0.2) is 4.98 Å². The fraction of sp³-hybridized carbons (Fsp3) is 0. The van der Waals surface area contributed by atoms with E-state index in [9.17, 15) is 0 Å². The van der Waals surface area contributed by atoms with Crippen molar-refractivity contribution in [2.24, 2.45) is 0 Å². The number of fused-ring (bicyclic) bond motifs is 1. The van der Waals surface area contributed by atoms with Gasteiger partial charge in [-0.1, -0.05) is 23.7 Å². The SMILES string of the molecule is N#Cc1ccc(Nc2cccc3cc(Br)cnc23)c(Cl)c1. The van der Waals surface area contributed by atoms with Crippen LogP contribution in [0.15, 0.2) is 53.1 Å². The molecule has 0 radical (unpaired) electrons. The third kappa shape index (κ3) is 2.85. The van der Waals surface area contributed by atoms with Gasteiger partial charge >= 0.3 is 0 Å². The maximum Gasteiger partial charge on any atom is 0.0992 e. The van der Waals surface area contributed by atoms with E-state index in [1.54, 1.807) is 24.4 Å². The van der Waals surface area contributed by atoms with Crippen LogP contribution in [0.25, 0.3) is 10.9 Å². The van der Waals surface area contributed by atoms with Gasteiger partial charge in [0.1, 0.15) is 0 Å². The molecule has 3 aromatic rings. The highest BCUT2D eigenvalue weighted by molar-refractivity contribution is 9.10. The van der Waals surface area contributed by atoms with E-state index in [1.807, 2.05) is 24.3 Å². The number of nitrogens with one attached hydrogen (secondary N) is 1. The predicted molar refractivity (Wildman–Crippen MR) is 88.9 cm³/mol. The molecule has 0 amide bonds. The minimum Gasteiger partial charge on any atom is -0.353 e. The van der Waals surface area contributed by atoms with Gasteiger partial charge in [-0.3, -0.25) is 4.98 Å². The monoisotopic (exact) mass is 357 g/mol. The lowest BCUT2D eigenvalue weighted by Gasteiger charge is -2.11.